The average Bonchev–Trinajstić information content (AvgIpc) is 3.37. The van der Waals surface area contributed by atoms with Crippen molar-refractivity contribution in [3.05, 3.63) is 87.7 Å². The predicted octanol–water partition coefficient (Wildman–Crippen LogP) is 7.33. The van der Waals surface area contributed by atoms with Gasteiger partial charge in [0.15, 0.2) is 0 Å². The van der Waals surface area contributed by atoms with Gasteiger partial charge in [0.05, 0.1) is 29.4 Å². The molecule has 0 N–H and O–H groups in total. The maximum Gasteiger partial charge on any atom is 0.129 e. The summed E-state index contributed by atoms with van der Waals surface area (Å²) < 4.78 is 12.4. The molecule has 0 saturated heterocycles. The third kappa shape index (κ3) is 5.24. The highest BCUT2D eigenvalue weighted by Gasteiger charge is 2.13. The van der Waals surface area contributed by atoms with Gasteiger partial charge in [-0.2, -0.15) is 5.26 Å². The molecule has 0 unspecified atom stereocenters. The number of aryl methyl sites for hydroxylation is 2. The molecule has 4 nitrogen and oxygen atoms in total. The van der Waals surface area contributed by atoms with Crippen LogP contribution in [0.15, 0.2) is 65.5 Å². The molecule has 0 bridgehead atoms. The lowest BCUT2D eigenvalue weighted by molar-refractivity contribution is 0.280. The molecule has 0 amide bonds. The monoisotopic (exact) mass is 454 g/mol. The molecule has 0 aliphatic heterocycles. The summed E-state index contributed by atoms with van der Waals surface area (Å²) in [4.78, 5) is 4.46. The van der Waals surface area contributed by atoms with Crippen molar-refractivity contribution in [1.82, 2.24) is 4.98 Å². The first-order valence-electron chi connectivity index (χ1n) is 11.0. The highest BCUT2D eigenvalue weighted by Crippen LogP contribution is 2.34. The van der Waals surface area contributed by atoms with Crippen LogP contribution in [0.1, 0.15) is 35.6 Å². The lowest BCUT2D eigenvalue weighted by Crippen LogP contribution is -2.03. The summed E-state index contributed by atoms with van der Waals surface area (Å²) >= 11 is 1.57. The number of hydrogen-bond acceptors (Lipinski definition) is 5. The molecule has 0 saturated carbocycles. The molecule has 4 aromatic rings. The number of nitrogens with zero attached hydrogens (tertiary/aromatic N) is 2. The third-order valence-corrected chi connectivity index (χ3v) is 6.01. The number of benzene rings is 3. The standard InChI is InChI=1S/C28H26N2O2S/c1-4-11-31-28-14-22(24-9-6-21(15-29)13-20(24)3)7-8-23(28)16-32-27-10-5-19(2)12-25(27)26-17-33-18-30-26/h5-10,12-14,17-18H,4,11,16H2,1-3H3. The number of nitriles is 1. The van der Waals surface area contributed by atoms with E-state index in [2.05, 4.69) is 55.2 Å². The first-order valence-corrected chi connectivity index (χ1v) is 11.9. The minimum Gasteiger partial charge on any atom is -0.493 e. The van der Waals surface area contributed by atoms with Gasteiger partial charge in [0.25, 0.3) is 0 Å². The normalized spacial score (nSPS) is 10.6. The van der Waals surface area contributed by atoms with Crippen LogP contribution in [0, 0.1) is 25.2 Å². The molecule has 33 heavy (non-hydrogen) atoms. The zero-order valence-electron chi connectivity index (χ0n) is 19.1. The van der Waals surface area contributed by atoms with Crippen LogP contribution in [-0.2, 0) is 6.61 Å². The zero-order chi connectivity index (χ0) is 23.2. The van der Waals surface area contributed by atoms with E-state index in [1.165, 1.54) is 5.56 Å². The highest BCUT2D eigenvalue weighted by atomic mass is 32.1. The fourth-order valence-electron chi connectivity index (χ4n) is 3.72. The Morgan fingerprint density at radius 3 is 2.55 bits per heavy atom. The number of aromatic nitrogens is 1. The van der Waals surface area contributed by atoms with E-state index in [4.69, 9.17) is 14.7 Å². The molecule has 0 radical (unpaired) electrons. The molecule has 5 heteroatoms. The number of hydrogen-bond donors (Lipinski definition) is 0. The quantitative estimate of drug-likeness (QED) is 0.280. The van der Waals surface area contributed by atoms with E-state index < -0.39 is 0 Å². The maximum absolute atomic E-state index is 9.16. The van der Waals surface area contributed by atoms with Gasteiger partial charge in [-0.15, -0.1) is 11.3 Å². The first-order chi connectivity index (χ1) is 16.1. The van der Waals surface area contributed by atoms with Crippen LogP contribution < -0.4 is 9.47 Å². The Morgan fingerprint density at radius 2 is 1.82 bits per heavy atom. The Kier molecular flexibility index (Phi) is 7.07. The van der Waals surface area contributed by atoms with E-state index in [1.807, 2.05) is 42.1 Å². The molecule has 0 atom stereocenters. The van der Waals surface area contributed by atoms with Crippen molar-refractivity contribution < 1.29 is 9.47 Å². The van der Waals surface area contributed by atoms with Crippen molar-refractivity contribution >= 4 is 11.3 Å². The van der Waals surface area contributed by atoms with E-state index >= 15 is 0 Å². The Hall–Kier alpha value is -3.62. The number of rotatable bonds is 8. The molecule has 0 aliphatic carbocycles. The Balaban J connectivity index is 1.63. The molecular weight excluding hydrogens is 428 g/mol. The van der Waals surface area contributed by atoms with E-state index in [-0.39, 0.29) is 0 Å². The van der Waals surface area contributed by atoms with Crippen molar-refractivity contribution in [2.24, 2.45) is 0 Å². The summed E-state index contributed by atoms with van der Waals surface area (Å²) in [5, 5.41) is 11.2. The van der Waals surface area contributed by atoms with Crippen molar-refractivity contribution in [2.75, 3.05) is 6.61 Å². The van der Waals surface area contributed by atoms with Gasteiger partial charge >= 0.3 is 0 Å². The van der Waals surface area contributed by atoms with Crippen molar-refractivity contribution in [3.63, 3.8) is 0 Å². The summed E-state index contributed by atoms with van der Waals surface area (Å²) in [5.41, 5.74) is 9.79. The SMILES string of the molecule is CCCOc1cc(-c2ccc(C#N)cc2C)ccc1COc1ccc(C)cc1-c1cscn1. The van der Waals surface area contributed by atoms with E-state index in [1.54, 1.807) is 11.3 Å². The molecule has 4 rings (SSSR count). The third-order valence-electron chi connectivity index (χ3n) is 5.42. The van der Waals surface area contributed by atoms with Gasteiger partial charge in [-0.25, -0.2) is 4.98 Å². The molecule has 0 aliphatic rings. The van der Waals surface area contributed by atoms with Gasteiger partial charge in [-0.05, 0) is 67.3 Å². The van der Waals surface area contributed by atoms with E-state index in [0.29, 0.717) is 18.8 Å². The summed E-state index contributed by atoms with van der Waals surface area (Å²) in [7, 11) is 0. The van der Waals surface area contributed by atoms with Crippen molar-refractivity contribution in [1.29, 1.82) is 5.26 Å². The predicted molar refractivity (Wildman–Crippen MR) is 134 cm³/mol. The lowest BCUT2D eigenvalue weighted by atomic mass is 9.97. The summed E-state index contributed by atoms with van der Waals surface area (Å²) in [6.45, 7) is 7.22. The smallest absolute Gasteiger partial charge is 0.129 e. The van der Waals surface area contributed by atoms with Gasteiger partial charge in [-0.1, -0.05) is 36.8 Å². The number of thiazole rings is 1. The van der Waals surface area contributed by atoms with Crippen LogP contribution in [0.25, 0.3) is 22.4 Å². The molecule has 166 valence electrons. The molecule has 3 aromatic carbocycles. The van der Waals surface area contributed by atoms with Crippen LogP contribution >= 0.6 is 11.3 Å². The van der Waals surface area contributed by atoms with Crippen molar-refractivity contribution in [3.8, 4) is 40.0 Å². The van der Waals surface area contributed by atoms with Crippen LogP contribution in [0.2, 0.25) is 0 Å². The maximum atomic E-state index is 9.16. The fourth-order valence-corrected chi connectivity index (χ4v) is 4.27. The van der Waals surface area contributed by atoms with Gasteiger partial charge in [-0.3, -0.25) is 0 Å². The van der Waals surface area contributed by atoms with E-state index in [0.717, 1.165) is 51.4 Å². The minimum atomic E-state index is 0.395. The molecule has 0 fully saturated rings. The Morgan fingerprint density at radius 1 is 0.939 bits per heavy atom. The average molecular weight is 455 g/mol. The number of ether oxygens (including phenoxy) is 2. The molecule has 0 spiro atoms. The van der Waals surface area contributed by atoms with Gasteiger partial charge < -0.3 is 9.47 Å². The second-order valence-electron chi connectivity index (χ2n) is 7.97. The second kappa shape index (κ2) is 10.3. The second-order valence-corrected chi connectivity index (χ2v) is 8.69. The van der Waals surface area contributed by atoms with Crippen LogP contribution in [0.5, 0.6) is 11.5 Å². The topological polar surface area (TPSA) is 55.1 Å². The molecule has 1 aromatic heterocycles. The Bertz CT molecular complexity index is 1290. The molecule has 1 heterocycles. The summed E-state index contributed by atoms with van der Waals surface area (Å²) in [5.74, 6) is 1.63. The van der Waals surface area contributed by atoms with Crippen LogP contribution in [0.4, 0.5) is 0 Å². The highest BCUT2D eigenvalue weighted by molar-refractivity contribution is 7.07. The lowest BCUT2D eigenvalue weighted by Gasteiger charge is -2.16. The van der Waals surface area contributed by atoms with Crippen molar-refractivity contribution in [2.45, 2.75) is 33.8 Å². The zero-order valence-corrected chi connectivity index (χ0v) is 19.9. The van der Waals surface area contributed by atoms with Gasteiger partial charge in [0.1, 0.15) is 18.1 Å². The van der Waals surface area contributed by atoms with Crippen LogP contribution in [0.3, 0.4) is 0 Å². The summed E-state index contributed by atoms with van der Waals surface area (Å²) in [6.07, 6.45) is 0.923. The molecular formula is C28H26N2O2S. The van der Waals surface area contributed by atoms with Crippen LogP contribution in [-0.4, -0.2) is 11.6 Å². The fraction of sp³-hybridized carbons (Fsp3) is 0.214. The Labute approximate surface area is 199 Å². The summed E-state index contributed by atoms with van der Waals surface area (Å²) in [6, 6.07) is 20.3. The largest absolute Gasteiger partial charge is 0.493 e. The van der Waals surface area contributed by atoms with Gasteiger partial charge in [0, 0.05) is 16.5 Å². The van der Waals surface area contributed by atoms with E-state index in [9.17, 15) is 0 Å². The van der Waals surface area contributed by atoms with Gasteiger partial charge in [0.2, 0.25) is 0 Å². The minimum absolute atomic E-state index is 0.395. The first kappa shape index (κ1) is 22.6.